The molecule has 100 valence electrons. The maximum absolute atomic E-state index is 11.7. The Bertz CT molecular complexity index is 658. The fourth-order valence-corrected chi connectivity index (χ4v) is 1.94. The van der Waals surface area contributed by atoms with Crippen molar-refractivity contribution in [1.82, 2.24) is 0 Å². The Hall–Kier alpha value is -2.22. The standard InChI is InChI=1S/C14H8Cl2N2O2/c15-11-2-1-3-12(16)13(11)18-14(19)20-10-6-4-9(8-17)5-7-10/h1-7H,(H,18,19). The van der Waals surface area contributed by atoms with Crippen molar-refractivity contribution in [3.8, 4) is 11.8 Å². The molecule has 2 aromatic rings. The molecular formula is C14H8Cl2N2O2. The van der Waals surface area contributed by atoms with Crippen molar-refractivity contribution < 1.29 is 9.53 Å². The van der Waals surface area contributed by atoms with Gasteiger partial charge in [0, 0.05) is 0 Å². The predicted octanol–water partition coefficient (Wildman–Crippen LogP) is 4.48. The minimum Gasteiger partial charge on any atom is -0.410 e. The maximum Gasteiger partial charge on any atom is 0.417 e. The maximum atomic E-state index is 11.7. The van der Waals surface area contributed by atoms with Crippen molar-refractivity contribution in [3.63, 3.8) is 0 Å². The van der Waals surface area contributed by atoms with Gasteiger partial charge in [-0.2, -0.15) is 5.26 Å². The summed E-state index contributed by atoms with van der Waals surface area (Å²) in [6, 6.07) is 13.0. The molecule has 2 rings (SSSR count). The van der Waals surface area contributed by atoms with Crippen LogP contribution in [0.15, 0.2) is 42.5 Å². The van der Waals surface area contributed by atoms with Crippen molar-refractivity contribution in [2.75, 3.05) is 5.32 Å². The Balaban J connectivity index is 2.07. The Morgan fingerprint density at radius 2 is 1.70 bits per heavy atom. The molecule has 0 aliphatic rings. The van der Waals surface area contributed by atoms with Crippen LogP contribution in [0.3, 0.4) is 0 Å². The molecule has 6 heteroatoms. The van der Waals surface area contributed by atoms with E-state index in [1.165, 1.54) is 12.1 Å². The number of hydrogen-bond donors (Lipinski definition) is 1. The highest BCUT2D eigenvalue weighted by Crippen LogP contribution is 2.29. The fourth-order valence-electron chi connectivity index (χ4n) is 1.45. The van der Waals surface area contributed by atoms with Gasteiger partial charge < -0.3 is 4.74 Å². The zero-order valence-electron chi connectivity index (χ0n) is 10.1. The molecule has 0 spiro atoms. The van der Waals surface area contributed by atoms with Crippen molar-refractivity contribution >= 4 is 35.0 Å². The van der Waals surface area contributed by atoms with Gasteiger partial charge in [-0.25, -0.2) is 4.79 Å². The van der Waals surface area contributed by atoms with Crippen LogP contribution < -0.4 is 10.1 Å². The number of nitrogens with zero attached hydrogens (tertiary/aromatic N) is 1. The van der Waals surface area contributed by atoms with Crippen molar-refractivity contribution in [2.45, 2.75) is 0 Å². The second kappa shape index (κ2) is 6.29. The van der Waals surface area contributed by atoms with Gasteiger partial charge >= 0.3 is 6.09 Å². The Labute approximate surface area is 125 Å². The minimum atomic E-state index is -0.718. The molecule has 20 heavy (non-hydrogen) atoms. The average Bonchev–Trinajstić information content (AvgIpc) is 2.44. The minimum absolute atomic E-state index is 0.287. The molecule has 0 aromatic heterocycles. The molecule has 1 N–H and O–H groups in total. The lowest BCUT2D eigenvalue weighted by Crippen LogP contribution is -2.17. The number of carbonyl (C=O) groups is 1. The molecule has 0 saturated heterocycles. The molecule has 0 unspecified atom stereocenters. The normalized spacial score (nSPS) is 9.65. The summed E-state index contributed by atoms with van der Waals surface area (Å²) in [5.41, 5.74) is 0.765. The van der Waals surface area contributed by atoms with Gasteiger partial charge in [0.05, 0.1) is 27.4 Å². The second-order valence-electron chi connectivity index (χ2n) is 3.75. The van der Waals surface area contributed by atoms with Crippen molar-refractivity contribution in [2.24, 2.45) is 0 Å². The highest BCUT2D eigenvalue weighted by Gasteiger charge is 2.11. The highest BCUT2D eigenvalue weighted by atomic mass is 35.5. The molecule has 4 nitrogen and oxygen atoms in total. The molecule has 0 atom stereocenters. The van der Waals surface area contributed by atoms with Crippen LogP contribution in [-0.4, -0.2) is 6.09 Å². The van der Waals surface area contributed by atoms with Gasteiger partial charge in [-0.1, -0.05) is 29.3 Å². The van der Waals surface area contributed by atoms with Gasteiger partial charge in [0.15, 0.2) is 0 Å². The van der Waals surface area contributed by atoms with E-state index in [0.29, 0.717) is 21.4 Å². The number of benzene rings is 2. The van der Waals surface area contributed by atoms with Crippen LogP contribution in [-0.2, 0) is 0 Å². The number of halogens is 2. The molecular weight excluding hydrogens is 299 g/mol. The molecule has 0 aliphatic heterocycles. The lowest BCUT2D eigenvalue weighted by molar-refractivity contribution is 0.215. The lowest BCUT2D eigenvalue weighted by Gasteiger charge is -2.09. The smallest absolute Gasteiger partial charge is 0.410 e. The van der Waals surface area contributed by atoms with E-state index in [2.05, 4.69) is 5.32 Å². The van der Waals surface area contributed by atoms with Crippen LogP contribution in [0, 0.1) is 11.3 Å². The van der Waals surface area contributed by atoms with Crippen LogP contribution in [0.4, 0.5) is 10.5 Å². The largest absolute Gasteiger partial charge is 0.417 e. The summed E-state index contributed by atoms with van der Waals surface area (Å²) in [5, 5.41) is 11.8. The summed E-state index contributed by atoms with van der Waals surface area (Å²) < 4.78 is 5.05. The van der Waals surface area contributed by atoms with Crippen LogP contribution in [0.25, 0.3) is 0 Å². The summed E-state index contributed by atoms with van der Waals surface area (Å²) in [6.07, 6.45) is -0.718. The first-order valence-corrected chi connectivity index (χ1v) is 6.29. The summed E-state index contributed by atoms with van der Waals surface area (Å²) in [5.74, 6) is 0.310. The van der Waals surface area contributed by atoms with Crippen LogP contribution in [0.2, 0.25) is 10.0 Å². The van der Waals surface area contributed by atoms with Gasteiger partial charge in [0.1, 0.15) is 5.75 Å². The Morgan fingerprint density at radius 3 is 2.25 bits per heavy atom. The second-order valence-corrected chi connectivity index (χ2v) is 4.56. The molecule has 0 radical (unpaired) electrons. The van der Waals surface area contributed by atoms with Crippen LogP contribution in [0.1, 0.15) is 5.56 Å². The van der Waals surface area contributed by atoms with Crippen LogP contribution >= 0.6 is 23.2 Å². The van der Waals surface area contributed by atoms with Gasteiger partial charge in [-0.15, -0.1) is 0 Å². The monoisotopic (exact) mass is 306 g/mol. The number of carbonyl (C=O) groups excluding carboxylic acids is 1. The van der Waals surface area contributed by atoms with Gasteiger partial charge in [0.25, 0.3) is 0 Å². The third-order valence-electron chi connectivity index (χ3n) is 2.38. The number of ether oxygens (including phenoxy) is 1. The third-order valence-corrected chi connectivity index (χ3v) is 3.01. The number of hydrogen-bond acceptors (Lipinski definition) is 3. The first-order valence-electron chi connectivity index (χ1n) is 5.53. The summed E-state index contributed by atoms with van der Waals surface area (Å²) in [4.78, 5) is 11.7. The summed E-state index contributed by atoms with van der Waals surface area (Å²) in [7, 11) is 0. The quantitative estimate of drug-likeness (QED) is 0.890. The molecule has 0 fully saturated rings. The number of rotatable bonds is 2. The van der Waals surface area contributed by atoms with E-state index in [1.54, 1.807) is 30.3 Å². The van der Waals surface area contributed by atoms with E-state index < -0.39 is 6.09 Å². The zero-order chi connectivity index (χ0) is 14.5. The highest BCUT2D eigenvalue weighted by molar-refractivity contribution is 6.39. The molecule has 1 amide bonds. The number of nitriles is 1. The molecule has 0 saturated carbocycles. The van der Waals surface area contributed by atoms with Gasteiger partial charge in [0.2, 0.25) is 0 Å². The van der Waals surface area contributed by atoms with Crippen molar-refractivity contribution in [3.05, 3.63) is 58.1 Å². The van der Waals surface area contributed by atoms with Gasteiger partial charge in [-0.05, 0) is 36.4 Å². The van der Waals surface area contributed by atoms with Crippen LogP contribution in [0.5, 0.6) is 5.75 Å². The number of para-hydroxylation sites is 1. The predicted molar refractivity (Wildman–Crippen MR) is 77.3 cm³/mol. The Kier molecular flexibility index (Phi) is 4.46. The zero-order valence-corrected chi connectivity index (χ0v) is 11.6. The number of amides is 1. The SMILES string of the molecule is N#Cc1ccc(OC(=O)Nc2c(Cl)cccc2Cl)cc1. The fraction of sp³-hybridized carbons (Fsp3) is 0. The van der Waals surface area contributed by atoms with E-state index in [-0.39, 0.29) is 5.69 Å². The summed E-state index contributed by atoms with van der Waals surface area (Å²) >= 11 is 11.9. The Morgan fingerprint density at radius 1 is 1.10 bits per heavy atom. The first kappa shape index (κ1) is 14.2. The van der Waals surface area contributed by atoms with Crippen molar-refractivity contribution in [1.29, 1.82) is 5.26 Å². The first-order chi connectivity index (χ1) is 9.60. The average molecular weight is 307 g/mol. The topological polar surface area (TPSA) is 62.1 Å². The molecule has 0 heterocycles. The lowest BCUT2D eigenvalue weighted by atomic mass is 10.2. The number of anilines is 1. The third kappa shape index (κ3) is 3.41. The molecule has 0 bridgehead atoms. The van der Waals surface area contributed by atoms with E-state index in [1.807, 2.05) is 6.07 Å². The number of nitrogens with one attached hydrogen (secondary N) is 1. The van der Waals surface area contributed by atoms with E-state index >= 15 is 0 Å². The van der Waals surface area contributed by atoms with E-state index in [0.717, 1.165) is 0 Å². The molecule has 2 aromatic carbocycles. The van der Waals surface area contributed by atoms with E-state index in [4.69, 9.17) is 33.2 Å². The summed E-state index contributed by atoms with van der Waals surface area (Å²) in [6.45, 7) is 0. The van der Waals surface area contributed by atoms with Gasteiger partial charge in [-0.3, -0.25) is 5.32 Å². The molecule has 0 aliphatic carbocycles. The van der Waals surface area contributed by atoms with E-state index in [9.17, 15) is 4.79 Å².